The van der Waals surface area contributed by atoms with Gasteiger partial charge in [-0.25, -0.2) is 4.98 Å². The van der Waals surface area contributed by atoms with Gasteiger partial charge in [-0.1, -0.05) is 30.3 Å². The van der Waals surface area contributed by atoms with Gasteiger partial charge in [0, 0.05) is 18.0 Å². The molecule has 0 aliphatic heterocycles. The van der Waals surface area contributed by atoms with Crippen LogP contribution >= 0.6 is 11.3 Å². The van der Waals surface area contributed by atoms with Crippen molar-refractivity contribution in [1.82, 2.24) is 9.88 Å². The number of carbonyl (C=O) groups is 1. The Balaban J connectivity index is 1.97. The summed E-state index contributed by atoms with van der Waals surface area (Å²) in [7, 11) is 2.03. The third kappa shape index (κ3) is 4.15. The quantitative estimate of drug-likeness (QED) is 0.880. The molecule has 0 saturated heterocycles. The minimum absolute atomic E-state index is 0.00197. The highest BCUT2D eigenvalue weighted by Crippen LogP contribution is 2.17. The molecule has 0 atom stereocenters. The second kappa shape index (κ2) is 6.45. The van der Waals surface area contributed by atoms with Crippen LogP contribution in [-0.4, -0.2) is 28.0 Å². The molecule has 0 radical (unpaired) electrons. The van der Waals surface area contributed by atoms with Gasteiger partial charge < -0.3 is 5.11 Å². The summed E-state index contributed by atoms with van der Waals surface area (Å²) < 4.78 is 0. The van der Waals surface area contributed by atoms with E-state index in [1.807, 2.05) is 25.2 Å². The summed E-state index contributed by atoms with van der Waals surface area (Å²) in [6, 6.07) is 10.2. The lowest BCUT2D eigenvalue weighted by Gasteiger charge is -2.16. The Hall–Kier alpha value is -1.72. The third-order valence-electron chi connectivity index (χ3n) is 2.75. The molecule has 0 saturated carbocycles. The molecule has 19 heavy (non-hydrogen) atoms. The summed E-state index contributed by atoms with van der Waals surface area (Å²) >= 11 is 1.51. The van der Waals surface area contributed by atoms with E-state index in [1.54, 1.807) is 5.51 Å². The molecular weight excluding hydrogens is 260 g/mol. The molecule has 1 aromatic carbocycles. The molecule has 1 N–H and O–H groups in total. The van der Waals surface area contributed by atoms with Crippen molar-refractivity contribution >= 4 is 17.3 Å². The number of hydrogen-bond donors (Lipinski definition) is 1. The summed E-state index contributed by atoms with van der Waals surface area (Å²) in [4.78, 5) is 18.1. The van der Waals surface area contributed by atoms with Gasteiger partial charge in [0.25, 0.3) is 0 Å². The Morgan fingerprint density at radius 3 is 2.74 bits per heavy atom. The summed E-state index contributed by atoms with van der Waals surface area (Å²) in [6.07, 6.45) is -0.00197. The Kier molecular flexibility index (Phi) is 4.65. The largest absolute Gasteiger partial charge is 0.481 e. The smallest absolute Gasteiger partial charge is 0.309 e. The normalized spacial score (nSPS) is 10.8. The first-order chi connectivity index (χ1) is 9.15. The maximum atomic E-state index is 10.7. The molecule has 0 bridgehead atoms. The fraction of sp³-hybridized carbons (Fsp3) is 0.286. The van der Waals surface area contributed by atoms with Crippen LogP contribution in [0.1, 0.15) is 16.1 Å². The second-order valence-electron chi connectivity index (χ2n) is 4.45. The van der Waals surface area contributed by atoms with Crippen LogP contribution in [0.5, 0.6) is 0 Å². The molecule has 4 nitrogen and oxygen atoms in total. The van der Waals surface area contributed by atoms with Crippen LogP contribution in [0.25, 0.3) is 0 Å². The average Bonchev–Trinajstić information content (AvgIpc) is 2.77. The highest BCUT2D eigenvalue weighted by atomic mass is 32.1. The lowest BCUT2D eigenvalue weighted by atomic mass is 10.2. The fourth-order valence-corrected chi connectivity index (χ4v) is 2.77. The molecule has 0 spiro atoms. The van der Waals surface area contributed by atoms with Crippen LogP contribution in [0.2, 0.25) is 0 Å². The lowest BCUT2D eigenvalue weighted by molar-refractivity contribution is -0.136. The maximum absolute atomic E-state index is 10.7. The molecule has 2 aromatic rings. The number of aromatic nitrogens is 1. The van der Waals surface area contributed by atoms with Crippen LogP contribution in [0.4, 0.5) is 0 Å². The van der Waals surface area contributed by atoms with E-state index < -0.39 is 5.97 Å². The molecule has 100 valence electrons. The van der Waals surface area contributed by atoms with Gasteiger partial charge in [0.05, 0.1) is 17.6 Å². The molecule has 0 aliphatic carbocycles. The predicted octanol–water partition coefficient (Wildman–Crippen LogP) is 2.40. The number of benzene rings is 1. The highest BCUT2D eigenvalue weighted by Gasteiger charge is 2.12. The molecule has 1 aromatic heterocycles. The Morgan fingerprint density at radius 2 is 2.05 bits per heavy atom. The van der Waals surface area contributed by atoms with Crippen LogP contribution in [0.15, 0.2) is 35.8 Å². The van der Waals surface area contributed by atoms with Gasteiger partial charge in [-0.2, -0.15) is 0 Å². The van der Waals surface area contributed by atoms with E-state index in [4.69, 9.17) is 5.11 Å². The van der Waals surface area contributed by atoms with Crippen molar-refractivity contribution in [3.8, 4) is 0 Å². The predicted molar refractivity (Wildman–Crippen MR) is 75.1 cm³/mol. The molecule has 0 aliphatic rings. The summed E-state index contributed by atoms with van der Waals surface area (Å²) in [5, 5.41) is 8.83. The van der Waals surface area contributed by atoms with Crippen molar-refractivity contribution in [3.63, 3.8) is 0 Å². The van der Waals surface area contributed by atoms with Crippen molar-refractivity contribution in [3.05, 3.63) is 52.0 Å². The Labute approximate surface area is 116 Å². The molecule has 0 amide bonds. The van der Waals surface area contributed by atoms with Gasteiger partial charge in [0.1, 0.15) is 0 Å². The van der Waals surface area contributed by atoms with Crippen molar-refractivity contribution in [2.24, 2.45) is 0 Å². The Morgan fingerprint density at radius 1 is 1.32 bits per heavy atom. The van der Waals surface area contributed by atoms with E-state index in [9.17, 15) is 4.79 Å². The molecule has 2 rings (SSSR count). The van der Waals surface area contributed by atoms with Crippen LogP contribution in [0.3, 0.4) is 0 Å². The fourth-order valence-electron chi connectivity index (χ4n) is 1.91. The monoisotopic (exact) mass is 276 g/mol. The van der Waals surface area contributed by atoms with E-state index >= 15 is 0 Å². The van der Waals surface area contributed by atoms with Crippen molar-refractivity contribution in [2.45, 2.75) is 19.5 Å². The standard InChI is InChI=1S/C14H16N2O2S/c1-16(8-11-5-3-2-4-6-11)9-13-12(7-14(17)18)15-10-19-13/h2-6,10H,7-9H2,1H3,(H,17,18). The first-order valence-electron chi connectivity index (χ1n) is 6.00. The number of nitrogens with zero attached hydrogens (tertiary/aromatic N) is 2. The van der Waals surface area contributed by atoms with E-state index in [0.717, 1.165) is 18.0 Å². The SMILES string of the molecule is CN(Cc1ccccc1)Cc1scnc1CC(=O)O. The minimum Gasteiger partial charge on any atom is -0.481 e. The van der Waals surface area contributed by atoms with Crippen LogP contribution in [-0.2, 0) is 24.3 Å². The number of thiazole rings is 1. The summed E-state index contributed by atoms with van der Waals surface area (Å²) in [5.41, 5.74) is 3.64. The molecule has 0 unspecified atom stereocenters. The number of carboxylic acid groups (broad SMARTS) is 1. The van der Waals surface area contributed by atoms with Gasteiger partial charge in [-0.3, -0.25) is 9.69 Å². The molecule has 1 heterocycles. The maximum Gasteiger partial charge on any atom is 0.309 e. The van der Waals surface area contributed by atoms with Gasteiger partial charge >= 0.3 is 5.97 Å². The van der Waals surface area contributed by atoms with E-state index in [1.165, 1.54) is 16.9 Å². The zero-order valence-electron chi connectivity index (χ0n) is 10.7. The van der Waals surface area contributed by atoms with Crippen LogP contribution in [0, 0.1) is 0 Å². The first kappa shape index (κ1) is 13.7. The van der Waals surface area contributed by atoms with E-state index in [-0.39, 0.29) is 6.42 Å². The average molecular weight is 276 g/mol. The van der Waals surface area contributed by atoms with Crippen molar-refractivity contribution in [2.75, 3.05) is 7.05 Å². The van der Waals surface area contributed by atoms with Gasteiger partial charge in [-0.15, -0.1) is 11.3 Å². The van der Waals surface area contributed by atoms with Gasteiger partial charge in [0.2, 0.25) is 0 Å². The van der Waals surface area contributed by atoms with E-state index in [0.29, 0.717) is 5.69 Å². The van der Waals surface area contributed by atoms with Gasteiger partial charge in [0.15, 0.2) is 0 Å². The van der Waals surface area contributed by atoms with E-state index in [2.05, 4.69) is 22.0 Å². The number of hydrogen-bond acceptors (Lipinski definition) is 4. The molecular formula is C14H16N2O2S. The highest BCUT2D eigenvalue weighted by molar-refractivity contribution is 7.09. The Bertz CT molecular complexity index is 539. The zero-order valence-corrected chi connectivity index (χ0v) is 11.6. The summed E-state index contributed by atoms with van der Waals surface area (Å²) in [6.45, 7) is 1.56. The lowest BCUT2D eigenvalue weighted by Crippen LogP contribution is -2.17. The van der Waals surface area contributed by atoms with Crippen molar-refractivity contribution in [1.29, 1.82) is 0 Å². The van der Waals surface area contributed by atoms with Crippen LogP contribution < -0.4 is 0 Å². The minimum atomic E-state index is -0.835. The zero-order chi connectivity index (χ0) is 13.7. The number of rotatable bonds is 6. The number of carboxylic acids is 1. The van der Waals surface area contributed by atoms with Gasteiger partial charge in [-0.05, 0) is 12.6 Å². The molecule has 5 heteroatoms. The third-order valence-corrected chi connectivity index (χ3v) is 3.61. The molecule has 0 fully saturated rings. The number of aliphatic carboxylic acids is 1. The van der Waals surface area contributed by atoms with Crippen molar-refractivity contribution < 1.29 is 9.90 Å². The summed E-state index contributed by atoms with van der Waals surface area (Å²) in [5.74, 6) is -0.835. The second-order valence-corrected chi connectivity index (χ2v) is 5.39. The topological polar surface area (TPSA) is 53.4 Å². The first-order valence-corrected chi connectivity index (χ1v) is 6.88.